The van der Waals surface area contributed by atoms with Gasteiger partial charge in [-0.2, -0.15) is 0 Å². The molecule has 1 saturated heterocycles. The molecule has 120 valence electrons. The predicted molar refractivity (Wildman–Crippen MR) is 96.5 cm³/mol. The van der Waals surface area contributed by atoms with Gasteiger partial charge in [-0.15, -0.1) is 24.0 Å². The summed E-state index contributed by atoms with van der Waals surface area (Å²) in [7, 11) is 0. The van der Waals surface area contributed by atoms with Crippen LogP contribution in [-0.4, -0.2) is 42.2 Å². The summed E-state index contributed by atoms with van der Waals surface area (Å²) in [4.78, 5) is 6.77. The van der Waals surface area contributed by atoms with Crippen LogP contribution in [0.3, 0.4) is 0 Å². The molecule has 2 unspecified atom stereocenters. The molecule has 0 spiro atoms. The molecule has 0 radical (unpaired) electrons. The fourth-order valence-electron chi connectivity index (χ4n) is 2.85. The summed E-state index contributed by atoms with van der Waals surface area (Å²) in [5.74, 6) is 2.50. The van der Waals surface area contributed by atoms with Gasteiger partial charge in [0.1, 0.15) is 0 Å². The van der Waals surface area contributed by atoms with Crippen LogP contribution in [0.2, 0.25) is 0 Å². The van der Waals surface area contributed by atoms with E-state index in [1.54, 1.807) is 0 Å². The quantitative estimate of drug-likeness (QED) is 0.412. The largest absolute Gasteiger partial charge is 0.396 e. The predicted octanol–water partition coefficient (Wildman–Crippen LogP) is 2.70. The average Bonchev–Trinajstić information content (AvgIpc) is 2.35. The maximum absolute atomic E-state index is 9.11. The van der Waals surface area contributed by atoms with Crippen molar-refractivity contribution in [1.82, 2.24) is 4.90 Å². The lowest BCUT2D eigenvalue weighted by Gasteiger charge is -2.32. The minimum atomic E-state index is 0. The van der Waals surface area contributed by atoms with Gasteiger partial charge in [0.25, 0.3) is 0 Å². The second-order valence-electron chi connectivity index (χ2n) is 6.40. The van der Waals surface area contributed by atoms with Crippen LogP contribution in [0.5, 0.6) is 0 Å². The summed E-state index contributed by atoms with van der Waals surface area (Å²) in [6.07, 6.45) is 4.44. The van der Waals surface area contributed by atoms with Crippen molar-refractivity contribution >= 4 is 29.9 Å². The van der Waals surface area contributed by atoms with E-state index in [-0.39, 0.29) is 30.6 Å². The SMILES string of the molecule is CC(C)CC(CCO)CN=C(N)N1CCCC(C)C1.I. The van der Waals surface area contributed by atoms with Gasteiger partial charge < -0.3 is 15.7 Å². The standard InChI is InChI=1S/C15H31N3O.HI/c1-12(2)9-14(6-8-19)10-17-15(16)18-7-4-5-13(3)11-18;/h12-14,19H,4-11H2,1-3H3,(H2,16,17);1H. The molecule has 0 amide bonds. The average molecular weight is 397 g/mol. The zero-order chi connectivity index (χ0) is 14.3. The Bertz CT molecular complexity index is 284. The molecule has 0 aliphatic carbocycles. The first-order valence-corrected chi connectivity index (χ1v) is 7.68. The van der Waals surface area contributed by atoms with E-state index in [0.717, 1.165) is 32.5 Å². The minimum absolute atomic E-state index is 0. The van der Waals surface area contributed by atoms with Crippen LogP contribution in [0.15, 0.2) is 4.99 Å². The Labute approximate surface area is 141 Å². The highest BCUT2D eigenvalue weighted by Crippen LogP contribution is 2.17. The number of aliphatic imine (C=N–C) groups is 1. The van der Waals surface area contributed by atoms with Crippen LogP contribution in [0.4, 0.5) is 0 Å². The zero-order valence-corrected chi connectivity index (χ0v) is 15.5. The van der Waals surface area contributed by atoms with Crippen LogP contribution in [0.25, 0.3) is 0 Å². The molecule has 1 aliphatic rings. The van der Waals surface area contributed by atoms with E-state index in [4.69, 9.17) is 10.8 Å². The molecular weight excluding hydrogens is 365 g/mol. The van der Waals surface area contributed by atoms with Crippen LogP contribution < -0.4 is 5.73 Å². The van der Waals surface area contributed by atoms with Gasteiger partial charge in [0.15, 0.2) is 5.96 Å². The number of aliphatic hydroxyl groups excluding tert-OH is 1. The normalized spacial score (nSPS) is 21.8. The number of likely N-dealkylation sites (tertiary alicyclic amines) is 1. The van der Waals surface area contributed by atoms with Gasteiger partial charge in [0.2, 0.25) is 0 Å². The van der Waals surface area contributed by atoms with Gasteiger partial charge in [0, 0.05) is 26.2 Å². The van der Waals surface area contributed by atoms with Crippen molar-refractivity contribution in [3.05, 3.63) is 0 Å². The monoisotopic (exact) mass is 397 g/mol. The third kappa shape index (κ3) is 7.67. The van der Waals surface area contributed by atoms with Crippen molar-refractivity contribution in [1.29, 1.82) is 0 Å². The summed E-state index contributed by atoms with van der Waals surface area (Å²) in [6, 6.07) is 0. The lowest BCUT2D eigenvalue weighted by Crippen LogP contribution is -2.43. The maximum atomic E-state index is 9.11. The molecule has 0 aromatic rings. The Morgan fingerprint density at radius 2 is 2.15 bits per heavy atom. The van der Waals surface area contributed by atoms with Gasteiger partial charge in [-0.3, -0.25) is 4.99 Å². The number of nitrogens with two attached hydrogens (primary N) is 1. The van der Waals surface area contributed by atoms with Crippen molar-refractivity contribution in [3.63, 3.8) is 0 Å². The summed E-state index contributed by atoms with van der Waals surface area (Å²) < 4.78 is 0. The molecule has 1 rings (SSSR count). The molecule has 3 N–H and O–H groups in total. The number of hydrogen-bond acceptors (Lipinski definition) is 2. The molecule has 1 heterocycles. The van der Waals surface area contributed by atoms with E-state index in [1.807, 2.05) is 0 Å². The van der Waals surface area contributed by atoms with Gasteiger partial charge in [0.05, 0.1) is 0 Å². The molecule has 0 aromatic carbocycles. The second-order valence-corrected chi connectivity index (χ2v) is 6.40. The van der Waals surface area contributed by atoms with Crippen LogP contribution in [0, 0.1) is 17.8 Å². The maximum Gasteiger partial charge on any atom is 0.191 e. The second kappa shape index (κ2) is 10.7. The minimum Gasteiger partial charge on any atom is -0.396 e. The van der Waals surface area contributed by atoms with Gasteiger partial charge in [-0.25, -0.2) is 0 Å². The van der Waals surface area contributed by atoms with Gasteiger partial charge >= 0.3 is 0 Å². The lowest BCUT2D eigenvalue weighted by molar-refractivity contribution is 0.244. The van der Waals surface area contributed by atoms with Crippen molar-refractivity contribution < 1.29 is 5.11 Å². The lowest BCUT2D eigenvalue weighted by atomic mass is 9.94. The molecule has 1 fully saturated rings. The Kier molecular flexibility index (Phi) is 10.6. The molecule has 0 saturated carbocycles. The number of piperidine rings is 1. The van der Waals surface area contributed by atoms with Crippen LogP contribution >= 0.6 is 24.0 Å². The number of nitrogens with zero attached hydrogens (tertiary/aromatic N) is 2. The number of guanidine groups is 1. The Hall–Kier alpha value is -0.0400. The van der Waals surface area contributed by atoms with Gasteiger partial charge in [-0.05, 0) is 43.4 Å². The first kappa shape index (κ1) is 20.0. The number of rotatable bonds is 6. The number of aliphatic hydroxyl groups is 1. The van der Waals surface area contributed by atoms with E-state index in [0.29, 0.717) is 23.7 Å². The van der Waals surface area contributed by atoms with Gasteiger partial charge in [-0.1, -0.05) is 20.8 Å². The van der Waals surface area contributed by atoms with E-state index in [9.17, 15) is 0 Å². The summed E-state index contributed by atoms with van der Waals surface area (Å²) >= 11 is 0. The fourth-order valence-corrected chi connectivity index (χ4v) is 2.85. The van der Waals surface area contributed by atoms with E-state index < -0.39 is 0 Å². The Morgan fingerprint density at radius 1 is 1.45 bits per heavy atom. The molecule has 0 aromatic heterocycles. The summed E-state index contributed by atoms with van der Waals surface area (Å²) in [6.45, 7) is 9.75. The van der Waals surface area contributed by atoms with Crippen LogP contribution in [0.1, 0.15) is 46.5 Å². The first-order valence-electron chi connectivity index (χ1n) is 7.68. The molecule has 4 nitrogen and oxygen atoms in total. The van der Waals surface area contributed by atoms with E-state index in [1.165, 1.54) is 12.8 Å². The zero-order valence-electron chi connectivity index (χ0n) is 13.2. The Morgan fingerprint density at radius 3 is 2.70 bits per heavy atom. The highest BCUT2D eigenvalue weighted by atomic mass is 127. The smallest absolute Gasteiger partial charge is 0.191 e. The first-order chi connectivity index (χ1) is 9.02. The molecule has 1 aliphatic heterocycles. The highest BCUT2D eigenvalue weighted by Gasteiger charge is 2.18. The molecule has 5 heteroatoms. The number of hydrogen-bond donors (Lipinski definition) is 2. The Balaban J connectivity index is 0.00000361. The third-order valence-electron chi connectivity index (χ3n) is 3.83. The topological polar surface area (TPSA) is 61.9 Å². The van der Waals surface area contributed by atoms with E-state index >= 15 is 0 Å². The van der Waals surface area contributed by atoms with Crippen molar-refractivity contribution in [2.45, 2.75) is 46.5 Å². The summed E-state index contributed by atoms with van der Waals surface area (Å²) in [5.41, 5.74) is 6.10. The molecular formula is C15H32IN3O. The van der Waals surface area contributed by atoms with Crippen molar-refractivity contribution in [2.75, 3.05) is 26.2 Å². The number of halogens is 1. The van der Waals surface area contributed by atoms with E-state index in [2.05, 4.69) is 30.7 Å². The highest BCUT2D eigenvalue weighted by molar-refractivity contribution is 14.0. The van der Waals surface area contributed by atoms with Crippen molar-refractivity contribution in [3.8, 4) is 0 Å². The van der Waals surface area contributed by atoms with Crippen LogP contribution in [-0.2, 0) is 0 Å². The molecule has 0 bridgehead atoms. The fraction of sp³-hybridized carbons (Fsp3) is 0.933. The molecule has 2 atom stereocenters. The van der Waals surface area contributed by atoms with Crippen molar-refractivity contribution in [2.24, 2.45) is 28.5 Å². The summed E-state index contributed by atoms with van der Waals surface area (Å²) in [5, 5.41) is 9.11. The molecule has 20 heavy (non-hydrogen) atoms. The third-order valence-corrected chi connectivity index (χ3v) is 3.83.